The topological polar surface area (TPSA) is 78.9 Å². The van der Waals surface area contributed by atoms with E-state index in [2.05, 4.69) is 15.0 Å². The van der Waals surface area contributed by atoms with Gasteiger partial charge in [-0.2, -0.15) is 0 Å². The van der Waals surface area contributed by atoms with Crippen LogP contribution in [0.2, 0.25) is 0 Å². The van der Waals surface area contributed by atoms with Gasteiger partial charge < -0.3 is 11.5 Å². The van der Waals surface area contributed by atoms with Crippen molar-refractivity contribution >= 4 is 17.0 Å². The van der Waals surface area contributed by atoms with Gasteiger partial charge in [-0.15, -0.1) is 0 Å². The predicted octanol–water partition coefficient (Wildman–Crippen LogP) is -1.92. The summed E-state index contributed by atoms with van der Waals surface area (Å²) in [6, 6.07) is 0. The van der Waals surface area contributed by atoms with E-state index in [1.165, 1.54) is 6.33 Å². The van der Waals surface area contributed by atoms with Crippen molar-refractivity contribution in [2.45, 2.75) is 6.92 Å². The standard InChI is InChI=1S/C8H7N3O2.K.H/c1-4-2-9-7-5(4)6(8(12)13)10-3-11-7;;/h2-3H,1H3,(H,12,13)(H,9,10,11);;/q;+1;-1. The zero-order valence-corrected chi connectivity index (χ0v) is 11.0. The minimum Gasteiger partial charge on any atom is -1.00 e. The summed E-state index contributed by atoms with van der Waals surface area (Å²) in [5.74, 6) is -1.03. The van der Waals surface area contributed by atoms with Gasteiger partial charge in [0.2, 0.25) is 0 Å². The number of H-pyrrole nitrogens is 1. The summed E-state index contributed by atoms with van der Waals surface area (Å²) in [6.45, 7) is 1.81. The Hall–Kier alpha value is -0.274. The van der Waals surface area contributed by atoms with Crippen molar-refractivity contribution in [1.29, 1.82) is 0 Å². The first-order valence-electron chi connectivity index (χ1n) is 3.72. The van der Waals surface area contributed by atoms with E-state index >= 15 is 0 Å². The molecule has 0 saturated heterocycles. The monoisotopic (exact) mass is 217 g/mol. The van der Waals surface area contributed by atoms with Crippen molar-refractivity contribution in [3.05, 3.63) is 23.8 Å². The second kappa shape index (κ2) is 4.50. The first-order chi connectivity index (χ1) is 6.20. The van der Waals surface area contributed by atoms with E-state index in [-0.39, 0.29) is 58.5 Å². The average molecular weight is 217 g/mol. The van der Waals surface area contributed by atoms with Crippen LogP contribution in [0.15, 0.2) is 12.5 Å². The Kier molecular flexibility index (Phi) is 3.79. The summed E-state index contributed by atoms with van der Waals surface area (Å²) < 4.78 is 0. The molecule has 2 aromatic heterocycles. The first kappa shape index (κ1) is 11.8. The first-order valence-corrected chi connectivity index (χ1v) is 3.72. The largest absolute Gasteiger partial charge is 1.00 e. The van der Waals surface area contributed by atoms with Gasteiger partial charge >= 0.3 is 57.4 Å². The SMILES string of the molecule is Cc1c[nH]c2ncnc(C(=O)O)c12.[H-].[K+]. The van der Waals surface area contributed by atoms with Crippen molar-refractivity contribution in [1.82, 2.24) is 15.0 Å². The van der Waals surface area contributed by atoms with Crippen LogP contribution in [-0.4, -0.2) is 26.0 Å². The fourth-order valence-electron chi connectivity index (χ4n) is 1.28. The molecule has 5 nitrogen and oxygen atoms in total. The fraction of sp³-hybridized carbons (Fsp3) is 0.125. The maximum atomic E-state index is 10.8. The van der Waals surface area contributed by atoms with Crippen molar-refractivity contribution < 1.29 is 62.7 Å². The molecule has 0 fully saturated rings. The van der Waals surface area contributed by atoms with Crippen LogP contribution in [0.25, 0.3) is 11.0 Å². The van der Waals surface area contributed by atoms with Gasteiger partial charge in [-0.1, -0.05) is 0 Å². The minimum absolute atomic E-state index is 0. The van der Waals surface area contributed by atoms with Gasteiger partial charge in [-0.3, -0.25) is 0 Å². The Balaban J connectivity index is 0.000000980. The third-order valence-electron chi connectivity index (χ3n) is 1.87. The number of nitrogens with one attached hydrogen (secondary N) is 1. The van der Waals surface area contributed by atoms with E-state index in [1.54, 1.807) is 6.20 Å². The Morgan fingerprint density at radius 2 is 2.29 bits per heavy atom. The number of aromatic nitrogens is 3. The zero-order valence-electron chi connectivity index (χ0n) is 8.90. The molecule has 14 heavy (non-hydrogen) atoms. The summed E-state index contributed by atoms with van der Waals surface area (Å²) >= 11 is 0. The smallest absolute Gasteiger partial charge is 1.00 e. The minimum atomic E-state index is -1.03. The van der Waals surface area contributed by atoms with Crippen LogP contribution >= 0.6 is 0 Å². The van der Waals surface area contributed by atoms with Gasteiger partial charge in [0.15, 0.2) is 5.69 Å². The van der Waals surface area contributed by atoms with Crippen LogP contribution in [0, 0.1) is 6.92 Å². The van der Waals surface area contributed by atoms with Gasteiger partial charge in [-0.05, 0) is 12.5 Å². The molecule has 2 N–H and O–H groups in total. The number of aryl methyl sites for hydroxylation is 1. The van der Waals surface area contributed by atoms with Crippen LogP contribution in [-0.2, 0) is 0 Å². The molecule has 0 bridgehead atoms. The van der Waals surface area contributed by atoms with Crippen molar-refractivity contribution in [3.8, 4) is 0 Å². The molecular formula is C8H8KN3O2. The maximum absolute atomic E-state index is 10.8. The molecule has 68 valence electrons. The molecule has 2 aromatic rings. The molecule has 0 radical (unpaired) electrons. The second-order valence-electron chi connectivity index (χ2n) is 2.72. The quantitative estimate of drug-likeness (QED) is 0.546. The normalized spacial score (nSPS) is 9.79. The van der Waals surface area contributed by atoms with E-state index in [0.717, 1.165) is 5.56 Å². The van der Waals surface area contributed by atoms with Crippen LogP contribution in [0.3, 0.4) is 0 Å². The molecular weight excluding hydrogens is 209 g/mol. The number of hydrogen-bond donors (Lipinski definition) is 2. The zero-order chi connectivity index (χ0) is 9.42. The fourth-order valence-corrected chi connectivity index (χ4v) is 1.28. The van der Waals surface area contributed by atoms with Crippen LogP contribution < -0.4 is 51.4 Å². The number of rotatable bonds is 1. The summed E-state index contributed by atoms with van der Waals surface area (Å²) in [7, 11) is 0. The number of carboxylic acids is 1. The molecule has 0 atom stereocenters. The molecule has 0 spiro atoms. The van der Waals surface area contributed by atoms with Gasteiger partial charge in [0.05, 0.1) is 5.39 Å². The van der Waals surface area contributed by atoms with Crippen LogP contribution in [0.4, 0.5) is 0 Å². The number of fused-ring (bicyclic) bond motifs is 1. The summed E-state index contributed by atoms with van der Waals surface area (Å²) in [5.41, 5.74) is 1.45. The van der Waals surface area contributed by atoms with Crippen molar-refractivity contribution in [3.63, 3.8) is 0 Å². The van der Waals surface area contributed by atoms with Gasteiger partial charge in [0.25, 0.3) is 0 Å². The second-order valence-corrected chi connectivity index (χ2v) is 2.72. The Morgan fingerprint density at radius 3 is 2.93 bits per heavy atom. The third-order valence-corrected chi connectivity index (χ3v) is 1.87. The summed E-state index contributed by atoms with van der Waals surface area (Å²) in [5, 5.41) is 9.40. The summed E-state index contributed by atoms with van der Waals surface area (Å²) in [4.78, 5) is 21.3. The average Bonchev–Trinajstić information content (AvgIpc) is 2.48. The molecule has 0 aliphatic carbocycles. The van der Waals surface area contributed by atoms with Gasteiger partial charge in [0.1, 0.15) is 12.0 Å². The Morgan fingerprint density at radius 1 is 1.57 bits per heavy atom. The van der Waals surface area contributed by atoms with Crippen molar-refractivity contribution in [2.75, 3.05) is 0 Å². The summed E-state index contributed by atoms with van der Waals surface area (Å²) in [6.07, 6.45) is 2.95. The molecule has 2 rings (SSSR count). The molecule has 0 amide bonds. The van der Waals surface area contributed by atoms with Gasteiger partial charge in [-0.25, -0.2) is 14.8 Å². The Bertz CT molecular complexity index is 486. The van der Waals surface area contributed by atoms with E-state index in [1.807, 2.05) is 6.92 Å². The molecule has 6 heteroatoms. The van der Waals surface area contributed by atoms with Gasteiger partial charge in [0, 0.05) is 6.20 Å². The van der Waals surface area contributed by atoms with E-state index in [0.29, 0.717) is 11.0 Å². The van der Waals surface area contributed by atoms with E-state index in [9.17, 15) is 4.79 Å². The third kappa shape index (κ3) is 1.89. The van der Waals surface area contributed by atoms with E-state index < -0.39 is 5.97 Å². The van der Waals surface area contributed by atoms with Crippen LogP contribution in [0.1, 0.15) is 17.5 Å². The molecule has 2 heterocycles. The Labute approximate surface area is 124 Å². The molecule has 0 aromatic carbocycles. The van der Waals surface area contributed by atoms with Crippen molar-refractivity contribution in [2.24, 2.45) is 0 Å². The number of carboxylic acid groups (broad SMARTS) is 1. The number of nitrogens with zero attached hydrogens (tertiary/aromatic N) is 2. The predicted molar refractivity (Wildman–Crippen MR) is 46.7 cm³/mol. The van der Waals surface area contributed by atoms with E-state index in [4.69, 9.17) is 5.11 Å². The van der Waals surface area contributed by atoms with Crippen LogP contribution in [0.5, 0.6) is 0 Å². The molecule has 0 saturated carbocycles. The maximum Gasteiger partial charge on any atom is 1.00 e. The number of carbonyl (C=O) groups is 1. The molecule has 0 aliphatic heterocycles. The molecule has 0 aliphatic rings. The number of hydrogen-bond acceptors (Lipinski definition) is 3. The molecule has 0 unspecified atom stereocenters. The number of aromatic amines is 1. The number of aromatic carboxylic acids is 1.